The molecule has 0 aliphatic carbocycles. The second-order valence-electron chi connectivity index (χ2n) is 4.64. The van der Waals surface area contributed by atoms with E-state index in [1.165, 1.54) is 11.1 Å². The summed E-state index contributed by atoms with van der Waals surface area (Å²) in [5.41, 5.74) is 11.7. The summed E-state index contributed by atoms with van der Waals surface area (Å²) in [6.45, 7) is 6.36. The maximum atomic E-state index is 5.96. The third kappa shape index (κ3) is 2.35. The fourth-order valence-corrected chi connectivity index (χ4v) is 2.06. The van der Waals surface area contributed by atoms with Crippen LogP contribution in [0, 0.1) is 13.8 Å². The molecule has 94 valence electrons. The Morgan fingerprint density at radius 3 is 2.56 bits per heavy atom. The van der Waals surface area contributed by atoms with Crippen molar-refractivity contribution in [2.24, 2.45) is 0 Å². The van der Waals surface area contributed by atoms with Crippen molar-refractivity contribution in [1.29, 1.82) is 0 Å². The second-order valence-corrected chi connectivity index (χ2v) is 4.64. The van der Waals surface area contributed by atoms with Crippen molar-refractivity contribution in [2.75, 3.05) is 5.73 Å². The van der Waals surface area contributed by atoms with Gasteiger partial charge in [-0.1, -0.05) is 25.5 Å². The molecule has 0 atom stereocenters. The van der Waals surface area contributed by atoms with E-state index in [9.17, 15) is 0 Å². The molecule has 0 fully saturated rings. The molecule has 0 unspecified atom stereocenters. The lowest BCUT2D eigenvalue weighted by Crippen LogP contribution is -2.02. The van der Waals surface area contributed by atoms with Crippen LogP contribution in [0.2, 0.25) is 0 Å². The monoisotopic (exact) mass is 241 g/mol. The molecular weight excluding hydrogens is 222 g/mol. The molecule has 1 heterocycles. The van der Waals surface area contributed by atoms with Crippen molar-refractivity contribution in [3.8, 4) is 11.3 Å². The molecule has 18 heavy (non-hydrogen) atoms. The van der Waals surface area contributed by atoms with E-state index < -0.39 is 0 Å². The average molecular weight is 241 g/mol. The van der Waals surface area contributed by atoms with Gasteiger partial charge in [-0.3, -0.25) is 0 Å². The average Bonchev–Trinajstić information content (AvgIpc) is 2.35. The van der Waals surface area contributed by atoms with E-state index in [1.54, 1.807) is 6.33 Å². The van der Waals surface area contributed by atoms with Gasteiger partial charge >= 0.3 is 0 Å². The highest BCUT2D eigenvalue weighted by Gasteiger charge is 2.10. The van der Waals surface area contributed by atoms with Gasteiger partial charge in [-0.15, -0.1) is 0 Å². The number of aryl methyl sites for hydroxylation is 2. The maximum absolute atomic E-state index is 5.96. The van der Waals surface area contributed by atoms with Crippen LogP contribution in [-0.4, -0.2) is 9.97 Å². The summed E-state index contributed by atoms with van der Waals surface area (Å²) in [5, 5.41) is 0. The third-order valence-corrected chi connectivity index (χ3v) is 3.26. The Balaban J connectivity index is 2.55. The molecule has 1 aromatic carbocycles. The molecule has 3 nitrogen and oxygen atoms in total. The van der Waals surface area contributed by atoms with Crippen molar-refractivity contribution >= 4 is 5.82 Å². The molecule has 0 saturated heterocycles. The van der Waals surface area contributed by atoms with Crippen LogP contribution in [0.5, 0.6) is 0 Å². The van der Waals surface area contributed by atoms with Crippen LogP contribution in [0.25, 0.3) is 11.3 Å². The number of aromatic nitrogens is 2. The predicted octanol–water partition coefficient (Wildman–Crippen LogP) is 3.30. The standard InChI is InChI=1S/C15H19N3/c1-4-5-13-14(17-9-18-15(13)16)12-7-6-10(2)11(3)8-12/h6-9H,4-5H2,1-3H3,(H2,16,17,18). The van der Waals surface area contributed by atoms with Crippen molar-refractivity contribution < 1.29 is 0 Å². The number of rotatable bonds is 3. The minimum absolute atomic E-state index is 0.597. The zero-order chi connectivity index (χ0) is 13.1. The van der Waals surface area contributed by atoms with Crippen molar-refractivity contribution in [1.82, 2.24) is 9.97 Å². The molecule has 3 heteroatoms. The summed E-state index contributed by atoms with van der Waals surface area (Å²) in [5.74, 6) is 0.597. The summed E-state index contributed by atoms with van der Waals surface area (Å²) in [4.78, 5) is 8.50. The van der Waals surface area contributed by atoms with Crippen LogP contribution >= 0.6 is 0 Å². The van der Waals surface area contributed by atoms with Gasteiger partial charge in [0.2, 0.25) is 0 Å². The third-order valence-electron chi connectivity index (χ3n) is 3.26. The molecule has 2 N–H and O–H groups in total. The van der Waals surface area contributed by atoms with E-state index in [2.05, 4.69) is 48.9 Å². The number of nitrogens with two attached hydrogens (primary N) is 1. The largest absolute Gasteiger partial charge is 0.383 e. The quantitative estimate of drug-likeness (QED) is 0.897. The Morgan fingerprint density at radius 2 is 1.89 bits per heavy atom. The first-order valence-corrected chi connectivity index (χ1v) is 6.30. The van der Waals surface area contributed by atoms with Crippen LogP contribution < -0.4 is 5.73 Å². The first-order chi connectivity index (χ1) is 8.63. The van der Waals surface area contributed by atoms with Gasteiger partial charge in [0, 0.05) is 11.1 Å². The first-order valence-electron chi connectivity index (χ1n) is 6.30. The highest BCUT2D eigenvalue weighted by molar-refractivity contribution is 5.68. The number of hydrogen-bond acceptors (Lipinski definition) is 3. The summed E-state index contributed by atoms with van der Waals surface area (Å²) in [6, 6.07) is 6.39. The Bertz CT molecular complexity index is 562. The lowest BCUT2D eigenvalue weighted by Gasteiger charge is -2.11. The van der Waals surface area contributed by atoms with E-state index in [0.717, 1.165) is 29.7 Å². The van der Waals surface area contributed by atoms with Crippen LogP contribution in [0.15, 0.2) is 24.5 Å². The maximum Gasteiger partial charge on any atom is 0.130 e. The number of hydrogen-bond donors (Lipinski definition) is 1. The van der Waals surface area contributed by atoms with Gasteiger partial charge in [-0.2, -0.15) is 0 Å². The molecule has 0 aliphatic heterocycles. The number of nitrogen functional groups attached to an aromatic ring is 1. The Labute approximate surface area is 108 Å². The fraction of sp³-hybridized carbons (Fsp3) is 0.333. The van der Waals surface area contributed by atoms with E-state index >= 15 is 0 Å². The lowest BCUT2D eigenvalue weighted by molar-refractivity contribution is 0.908. The molecular formula is C15H19N3. The topological polar surface area (TPSA) is 51.8 Å². The molecule has 0 aliphatic rings. The van der Waals surface area contributed by atoms with Crippen LogP contribution in [0.1, 0.15) is 30.0 Å². The van der Waals surface area contributed by atoms with E-state index in [0.29, 0.717) is 5.82 Å². The Kier molecular flexibility index (Phi) is 3.60. The molecule has 2 aromatic rings. The summed E-state index contributed by atoms with van der Waals surface area (Å²) < 4.78 is 0. The number of benzene rings is 1. The minimum Gasteiger partial charge on any atom is -0.383 e. The van der Waals surface area contributed by atoms with Crippen molar-refractivity contribution in [3.63, 3.8) is 0 Å². The molecule has 0 amide bonds. The van der Waals surface area contributed by atoms with Crippen molar-refractivity contribution in [2.45, 2.75) is 33.6 Å². The van der Waals surface area contributed by atoms with Gasteiger partial charge in [0.1, 0.15) is 12.1 Å². The van der Waals surface area contributed by atoms with Gasteiger partial charge in [0.15, 0.2) is 0 Å². The van der Waals surface area contributed by atoms with Crippen LogP contribution in [0.4, 0.5) is 5.82 Å². The van der Waals surface area contributed by atoms with Gasteiger partial charge in [-0.25, -0.2) is 9.97 Å². The van der Waals surface area contributed by atoms with Gasteiger partial charge in [0.05, 0.1) is 5.69 Å². The van der Waals surface area contributed by atoms with E-state index in [4.69, 9.17) is 5.73 Å². The molecule has 0 saturated carbocycles. The van der Waals surface area contributed by atoms with Crippen LogP contribution in [0.3, 0.4) is 0 Å². The smallest absolute Gasteiger partial charge is 0.130 e. The molecule has 1 aromatic heterocycles. The van der Waals surface area contributed by atoms with Crippen LogP contribution in [-0.2, 0) is 6.42 Å². The number of nitrogens with zero attached hydrogens (tertiary/aromatic N) is 2. The summed E-state index contributed by atoms with van der Waals surface area (Å²) in [7, 11) is 0. The number of anilines is 1. The normalized spacial score (nSPS) is 10.6. The SMILES string of the molecule is CCCc1c(N)ncnc1-c1ccc(C)c(C)c1. The summed E-state index contributed by atoms with van der Waals surface area (Å²) >= 11 is 0. The molecule has 0 bridgehead atoms. The first kappa shape index (κ1) is 12.6. The predicted molar refractivity (Wildman–Crippen MR) is 75.3 cm³/mol. The van der Waals surface area contributed by atoms with Gasteiger partial charge < -0.3 is 5.73 Å². The Morgan fingerprint density at radius 1 is 1.11 bits per heavy atom. The minimum atomic E-state index is 0.597. The van der Waals surface area contributed by atoms with E-state index in [1.807, 2.05) is 0 Å². The Hall–Kier alpha value is -1.90. The lowest BCUT2D eigenvalue weighted by atomic mass is 9.99. The van der Waals surface area contributed by atoms with Crippen molar-refractivity contribution in [3.05, 3.63) is 41.2 Å². The highest BCUT2D eigenvalue weighted by atomic mass is 14.9. The van der Waals surface area contributed by atoms with E-state index in [-0.39, 0.29) is 0 Å². The summed E-state index contributed by atoms with van der Waals surface area (Å²) in [6.07, 6.45) is 3.49. The zero-order valence-electron chi connectivity index (χ0n) is 11.2. The fourth-order valence-electron chi connectivity index (χ4n) is 2.06. The zero-order valence-corrected chi connectivity index (χ0v) is 11.2. The van der Waals surface area contributed by atoms with Gasteiger partial charge in [0.25, 0.3) is 0 Å². The second kappa shape index (κ2) is 5.17. The molecule has 0 spiro atoms. The molecule has 0 radical (unpaired) electrons. The van der Waals surface area contributed by atoms with Gasteiger partial charge in [-0.05, 0) is 37.5 Å². The molecule has 2 rings (SSSR count). The highest BCUT2D eigenvalue weighted by Crippen LogP contribution is 2.26.